The molecule has 0 bridgehead atoms. The average molecular weight is 234 g/mol. The maximum Gasteiger partial charge on any atom is 0.231 e. The lowest BCUT2D eigenvalue weighted by Crippen LogP contribution is -2.32. The van der Waals surface area contributed by atoms with Gasteiger partial charge in [0.2, 0.25) is 6.79 Å². The summed E-state index contributed by atoms with van der Waals surface area (Å²) in [4.78, 5) is 0. The fourth-order valence-corrected chi connectivity index (χ4v) is 1.81. The summed E-state index contributed by atoms with van der Waals surface area (Å²) in [5, 5.41) is 6.42. The van der Waals surface area contributed by atoms with Crippen molar-refractivity contribution in [3.63, 3.8) is 0 Å². The Labute approximate surface area is 99.6 Å². The van der Waals surface area contributed by atoms with Crippen LogP contribution in [0.15, 0.2) is 23.3 Å². The lowest BCUT2D eigenvalue weighted by atomic mass is 10.2. The normalized spacial score (nSPS) is 18.9. The Morgan fingerprint density at radius 3 is 2.82 bits per heavy atom. The zero-order chi connectivity index (χ0) is 11.5. The summed E-state index contributed by atoms with van der Waals surface area (Å²) in [6.45, 7) is 3.50. The highest BCUT2D eigenvalue weighted by Crippen LogP contribution is 2.31. The maximum atomic E-state index is 5.31. The summed E-state index contributed by atoms with van der Waals surface area (Å²) in [5.41, 5.74) is 1.01. The van der Waals surface area contributed by atoms with Gasteiger partial charge in [-0.05, 0) is 23.8 Å². The van der Waals surface area contributed by atoms with E-state index < -0.39 is 0 Å². The Bertz CT molecular complexity index is 428. The second-order valence-corrected chi connectivity index (χ2v) is 3.92. The Balaban J connectivity index is 1.69. The van der Waals surface area contributed by atoms with Crippen LogP contribution in [0.3, 0.4) is 0 Å². The number of benzene rings is 1. The number of hydrogen-bond donors (Lipinski definition) is 0. The van der Waals surface area contributed by atoms with Crippen LogP contribution in [-0.4, -0.2) is 44.3 Å². The molecule has 2 heterocycles. The minimum atomic E-state index is 0.305. The van der Waals surface area contributed by atoms with Crippen molar-refractivity contribution in [1.82, 2.24) is 5.01 Å². The molecule has 2 aliphatic heterocycles. The third-order valence-corrected chi connectivity index (χ3v) is 2.75. The number of fused-ring (bicyclic) bond motifs is 1. The molecule has 0 saturated carbocycles. The molecule has 17 heavy (non-hydrogen) atoms. The van der Waals surface area contributed by atoms with Gasteiger partial charge in [-0.1, -0.05) is 0 Å². The molecule has 0 radical (unpaired) electrons. The standard InChI is InChI=1S/C12H14N2O3/c1-2-11-12(17-9-16-11)7-10(1)8-13-14-3-5-15-6-4-14/h1-2,7-8H,3-6,9H2. The fraction of sp³-hybridized carbons (Fsp3) is 0.417. The van der Waals surface area contributed by atoms with Crippen LogP contribution >= 0.6 is 0 Å². The predicted molar refractivity (Wildman–Crippen MR) is 62.6 cm³/mol. The van der Waals surface area contributed by atoms with E-state index in [1.54, 1.807) is 0 Å². The van der Waals surface area contributed by atoms with Crippen LogP contribution in [-0.2, 0) is 4.74 Å². The van der Waals surface area contributed by atoms with Crippen molar-refractivity contribution in [3.05, 3.63) is 23.8 Å². The summed E-state index contributed by atoms with van der Waals surface area (Å²) in [6, 6.07) is 5.81. The van der Waals surface area contributed by atoms with Crippen molar-refractivity contribution >= 4 is 6.21 Å². The molecule has 1 fully saturated rings. The smallest absolute Gasteiger partial charge is 0.231 e. The molecule has 5 nitrogen and oxygen atoms in total. The lowest BCUT2D eigenvalue weighted by molar-refractivity contribution is 0.0397. The number of nitrogens with zero attached hydrogens (tertiary/aromatic N) is 2. The number of morpholine rings is 1. The van der Waals surface area contributed by atoms with Gasteiger partial charge in [0.1, 0.15) is 0 Å². The quantitative estimate of drug-likeness (QED) is 0.718. The Morgan fingerprint density at radius 1 is 1.12 bits per heavy atom. The fourth-order valence-electron chi connectivity index (χ4n) is 1.81. The van der Waals surface area contributed by atoms with Crippen LogP contribution in [0.1, 0.15) is 5.56 Å². The van der Waals surface area contributed by atoms with E-state index >= 15 is 0 Å². The molecule has 0 aliphatic carbocycles. The van der Waals surface area contributed by atoms with Gasteiger partial charge in [0.05, 0.1) is 32.5 Å². The van der Waals surface area contributed by atoms with Crippen molar-refractivity contribution in [2.75, 3.05) is 33.1 Å². The van der Waals surface area contributed by atoms with Crippen molar-refractivity contribution < 1.29 is 14.2 Å². The molecular weight excluding hydrogens is 220 g/mol. The molecule has 1 aromatic rings. The first kappa shape index (κ1) is 10.4. The van der Waals surface area contributed by atoms with E-state index in [-0.39, 0.29) is 0 Å². The first-order valence-electron chi connectivity index (χ1n) is 5.68. The summed E-state index contributed by atoms with van der Waals surface area (Å²) in [6.07, 6.45) is 1.84. The van der Waals surface area contributed by atoms with Crippen molar-refractivity contribution in [3.8, 4) is 11.5 Å². The van der Waals surface area contributed by atoms with Crippen LogP contribution in [0.4, 0.5) is 0 Å². The second-order valence-electron chi connectivity index (χ2n) is 3.92. The van der Waals surface area contributed by atoms with Crippen LogP contribution in [0.25, 0.3) is 0 Å². The van der Waals surface area contributed by atoms with E-state index in [4.69, 9.17) is 14.2 Å². The lowest BCUT2D eigenvalue weighted by Gasteiger charge is -2.23. The molecule has 0 atom stereocenters. The molecule has 1 saturated heterocycles. The minimum absolute atomic E-state index is 0.305. The summed E-state index contributed by atoms with van der Waals surface area (Å²) >= 11 is 0. The van der Waals surface area contributed by atoms with E-state index in [1.165, 1.54) is 0 Å². The highest BCUT2D eigenvalue weighted by molar-refractivity contribution is 5.80. The van der Waals surface area contributed by atoms with Gasteiger partial charge in [0.25, 0.3) is 0 Å². The molecule has 1 aromatic carbocycles. The van der Waals surface area contributed by atoms with Gasteiger partial charge in [-0.2, -0.15) is 5.10 Å². The molecular formula is C12H14N2O3. The van der Waals surface area contributed by atoms with E-state index in [0.717, 1.165) is 43.4 Å². The first-order chi connectivity index (χ1) is 8.42. The molecule has 0 unspecified atom stereocenters. The first-order valence-corrected chi connectivity index (χ1v) is 5.68. The third kappa shape index (κ3) is 2.34. The second kappa shape index (κ2) is 4.63. The zero-order valence-corrected chi connectivity index (χ0v) is 9.46. The SMILES string of the molecule is C(=NN1CCOCC1)c1ccc2c(c1)OCO2. The van der Waals surface area contributed by atoms with Crippen molar-refractivity contribution in [1.29, 1.82) is 0 Å². The van der Waals surface area contributed by atoms with Crippen LogP contribution in [0, 0.1) is 0 Å². The van der Waals surface area contributed by atoms with Gasteiger partial charge in [-0.15, -0.1) is 0 Å². The van der Waals surface area contributed by atoms with Gasteiger partial charge in [0, 0.05) is 0 Å². The van der Waals surface area contributed by atoms with Crippen LogP contribution in [0.5, 0.6) is 11.5 Å². The van der Waals surface area contributed by atoms with Crippen molar-refractivity contribution in [2.45, 2.75) is 0 Å². The topological polar surface area (TPSA) is 43.3 Å². The van der Waals surface area contributed by atoms with Gasteiger partial charge >= 0.3 is 0 Å². The molecule has 90 valence electrons. The molecule has 0 spiro atoms. The van der Waals surface area contributed by atoms with E-state index in [0.29, 0.717) is 6.79 Å². The average Bonchev–Trinajstić information content (AvgIpc) is 2.85. The Hall–Kier alpha value is -1.75. The number of hydrogen-bond acceptors (Lipinski definition) is 5. The minimum Gasteiger partial charge on any atom is -0.454 e. The largest absolute Gasteiger partial charge is 0.454 e. The van der Waals surface area contributed by atoms with Gasteiger partial charge in [-0.3, -0.25) is 5.01 Å². The summed E-state index contributed by atoms with van der Waals surface area (Å²) in [7, 11) is 0. The highest BCUT2D eigenvalue weighted by Gasteiger charge is 2.12. The Kier molecular flexibility index (Phi) is 2.83. The molecule has 3 rings (SSSR count). The predicted octanol–water partition coefficient (Wildman–Crippen LogP) is 1.08. The molecule has 0 amide bonds. The van der Waals surface area contributed by atoms with E-state index in [9.17, 15) is 0 Å². The van der Waals surface area contributed by atoms with E-state index in [2.05, 4.69) is 5.10 Å². The summed E-state index contributed by atoms with van der Waals surface area (Å²) in [5.74, 6) is 1.59. The molecule has 0 N–H and O–H groups in total. The molecule has 5 heteroatoms. The van der Waals surface area contributed by atoms with Crippen LogP contribution < -0.4 is 9.47 Å². The molecule has 2 aliphatic rings. The van der Waals surface area contributed by atoms with Crippen LogP contribution in [0.2, 0.25) is 0 Å². The summed E-state index contributed by atoms with van der Waals surface area (Å²) < 4.78 is 15.8. The number of rotatable bonds is 2. The number of hydrazone groups is 1. The third-order valence-electron chi connectivity index (χ3n) is 2.75. The maximum absolute atomic E-state index is 5.31. The monoisotopic (exact) mass is 234 g/mol. The van der Waals surface area contributed by atoms with Gasteiger partial charge < -0.3 is 14.2 Å². The zero-order valence-electron chi connectivity index (χ0n) is 9.46. The van der Waals surface area contributed by atoms with E-state index in [1.807, 2.05) is 29.4 Å². The highest BCUT2D eigenvalue weighted by atomic mass is 16.7. The molecule has 0 aromatic heterocycles. The number of ether oxygens (including phenoxy) is 3. The Morgan fingerprint density at radius 2 is 1.94 bits per heavy atom. The van der Waals surface area contributed by atoms with Gasteiger partial charge in [-0.25, -0.2) is 0 Å². The van der Waals surface area contributed by atoms with Crippen molar-refractivity contribution in [2.24, 2.45) is 5.10 Å². The van der Waals surface area contributed by atoms with Gasteiger partial charge in [0.15, 0.2) is 11.5 Å².